The quantitative estimate of drug-likeness (QED) is 0.891. The van der Waals surface area contributed by atoms with Crippen LogP contribution in [0.2, 0.25) is 5.02 Å². The summed E-state index contributed by atoms with van der Waals surface area (Å²) in [5.41, 5.74) is 4.68. The van der Waals surface area contributed by atoms with Crippen molar-refractivity contribution in [2.45, 2.75) is 26.4 Å². The van der Waals surface area contributed by atoms with Crippen molar-refractivity contribution in [3.8, 4) is 0 Å². The van der Waals surface area contributed by atoms with Gasteiger partial charge in [-0.05, 0) is 32.0 Å². The number of ether oxygens (including phenoxy) is 1. The van der Waals surface area contributed by atoms with Gasteiger partial charge in [0.2, 0.25) is 0 Å². The van der Waals surface area contributed by atoms with E-state index in [1.54, 1.807) is 13.3 Å². The topological polar surface area (TPSA) is 39.1 Å². The maximum Gasteiger partial charge on any atom is 0.0837 e. The molecule has 1 unspecified atom stereocenters. The molecule has 2 rings (SSSR count). The second-order valence-corrected chi connectivity index (χ2v) is 5.58. The minimum absolute atomic E-state index is 0.0115. The largest absolute Gasteiger partial charge is 0.383 e. The molecular weight excluding hydrogens is 286 g/mol. The van der Waals surface area contributed by atoms with Gasteiger partial charge in [-0.2, -0.15) is 5.10 Å². The first-order chi connectivity index (χ1) is 10.1. The standard InChI is InChI=1S/C16H22ClN3O/c1-11-5-6-13(12(2)9-11)15(18-3)16-14(17)10-19-20(16)7-8-21-4/h5-6,9-10,15,18H,7-8H2,1-4H3. The van der Waals surface area contributed by atoms with Crippen LogP contribution in [0, 0.1) is 13.8 Å². The average Bonchev–Trinajstić information content (AvgIpc) is 2.81. The van der Waals surface area contributed by atoms with Crippen LogP contribution in [0.4, 0.5) is 0 Å². The SMILES string of the molecule is CNC(c1ccc(C)cc1C)c1c(Cl)cnn1CCOC. The van der Waals surface area contributed by atoms with Gasteiger partial charge in [0.15, 0.2) is 0 Å². The van der Waals surface area contributed by atoms with Crippen LogP contribution >= 0.6 is 11.6 Å². The third-order valence-corrected chi connectivity index (χ3v) is 3.93. The van der Waals surface area contributed by atoms with Gasteiger partial charge in [0.25, 0.3) is 0 Å². The molecule has 0 aliphatic heterocycles. The number of hydrogen-bond donors (Lipinski definition) is 1. The molecule has 1 heterocycles. The van der Waals surface area contributed by atoms with Crippen molar-refractivity contribution >= 4 is 11.6 Å². The molecule has 0 bridgehead atoms. The molecule has 2 aromatic rings. The summed E-state index contributed by atoms with van der Waals surface area (Å²) in [6.45, 7) is 5.51. The number of aromatic nitrogens is 2. The smallest absolute Gasteiger partial charge is 0.0837 e. The van der Waals surface area contributed by atoms with Gasteiger partial charge in [-0.25, -0.2) is 0 Å². The average molecular weight is 308 g/mol. The Bertz CT molecular complexity index is 610. The maximum atomic E-state index is 6.37. The summed E-state index contributed by atoms with van der Waals surface area (Å²) in [5, 5.41) is 8.38. The zero-order valence-electron chi connectivity index (χ0n) is 13.0. The van der Waals surface area contributed by atoms with Crippen molar-refractivity contribution in [2.24, 2.45) is 0 Å². The lowest BCUT2D eigenvalue weighted by Crippen LogP contribution is -2.23. The van der Waals surface area contributed by atoms with Gasteiger partial charge >= 0.3 is 0 Å². The van der Waals surface area contributed by atoms with Gasteiger partial charge in [0, 0.05) is 7.11 Å². The predicted molar refractivity (Wildman–Crippen MR) is 85.9 cm³/mol. The van der Waals surface area contributed by atoms with E-state index in [1.165, 1.54) is 16.7 Å². The molecule has 21 heavy (non-hydrogen) atoms. The van der Waals surface area contributed by atoms with E-state index in [0.29, 0.717) is 18.2 Å². The summed E-state index contributed by atoms with van der Waals surface area (Å²) < 4.78 is 7.05. The Kier molecular flexibility index (Phi) is 5.39. The van der Waals surface area contributed by atoms with Crippen LogP contribution in [0.25, 0.3) is 0 Å². The minimum atomic E-state index is 0.0115. The lowest BCUT2D eigenvalue weighted by atomic mass is 9.97. The van der Waals surface area contributed by atoms with Crippen molar-refractivity contribution in [3.63, 3.8) is 0 Å². The molecular formula is C16H22ClN3O. The van der Waals surface area contributed by atoms with Gasteiger partial charge in [0.1, 0.15) is 0 Å². The Balaban J connectivity index is 2.43. The molecule has 0 amide bonds. The molecule has 114 valence electrons. The molecule has 0 saturated heterocycles. The molecule has 1 N–H and O–H groups in total. The van der Waals surface area contributed by atoms with Crippen molar-refractivity contribution < 1.29 is 4.74 Å². The molecule has 0 spiro atoms. The fraction of sp³-hybridized carbons (Fsp3) is 0.438. The Hall–Kier alpha value is -1.36. The van der Waals surface area contributed by atoms with E-state index >= 15 is 0 Å². The number of benzene rings is 1. The van der Waals surface area contributed by atoms with Crippen LogP contribution in [0.5, 0.6) is 0 Å². The van der Waals surface area contributed by atoms with E-state index in [4.69, 9.17) is 16.3 Å². The van der Waals surface area contributed by atoms with Crippen molar-refractivity contribution in [1.29, 1.82) is 0 Å². The van der Waals surface area contributed by atoms with Gasteiger partial charge in [-0.15, -0.1) is 0 Å². The number of halogens is 1. The number of methoxy groups -OCH3 is 1. The Morgan fingerprint density at radius 2 is 2.14 bits per heavy atom. The lowest BCUT2D eigenvalue weighted by molar-refractivity contribution is 0.182. The summed E-state index contributed by atoms with van der Waals surface area (Å²) in [4.78, 5) is 0. The Labute approximate surface area is 131 Å². The molecule has 1 aromatic carbocycles. The first kappa shape index (κ1) is 16.0. The number of nitrogens with zero attached hydrogens (tertiary/aromatic N) is 2. The highest BCUT2D eigenvalue weighted by Crippen LogP contribution is 2.30. The van der Waals surface area contributed by atoms with Crippen LogP contribution in [0.1, 0.15) is 28.4 Å². The van der Waals surface area contributed by atoms with E-state index in [1.807, 2.05) is 11.7 Å². The molecule has 0 fully saturated rings. The minimum Gasteiger partial charge on any atom is -0.383 e. The van der Waals surface area contributed by atoms with Crippen molar-refractivity contribution in [2.75, 3.05) is 20.8 Å². The lowest BCUT2D eigenvalue weighted by Gasteiger charge is -2.21. The maximum absolute atomic E-state index is 6.37. The molecule has 0 aliphatic rings. The van der Waals surface area contributed by atoms with Crippen LogP contribution < -0.4 is 5.32 Å². The summed E-state index contributed by atoms with van der Waals surface area (Å²) in [7, 11) is 3.62. The fourth-order valence-corrected chi connectivity index (χ4v) is 2.85. The summed E-state index contributed by atoms with van der Waals surface area (Å²) >= 11 is 6.37. The molecule has 1 atom stereocenters. The highest BCUT2D eigenvalue weighted by atomic mass is 35.5. The molecule has 0 saturated carbocycles. The molecule has 4 nitrogen and oxygen atoms in total. The van der Waals surface area contributed by atoms with E-state index in [9.17, 15) is 0 Å². The number of rotatable bonds is 6. The number of hydrogen-bond acceptors (Lipinski definition) is 3. The number of aryl methyl sites for hydroxylation is 2. The van der Waals surface area contributed by atoms with E-state index in [2.05, 4.69) is 42.5 Å². The zero-order valence-corrected chi connectivity index (χ0v) is 13.7. The second kappa shape index (κ2) is 7.07. The first-order valence-electron chi connectivity index (χ1n) is 7.03. The molecule has 5 heteroatoms. The highest BCUT2D eigenvalue weighted by Gasteiger charge is 2.22. The summed E-state index contributed by atoms with van der Waals surface area (Å²) in [6.07, 6.45) is 1.69. The van der Waals surface area contributed by atoms with Crippen LogP contribution in [-0.4, -0.2) is 30.5 Å². The van der Waals surface area contributed by atoms with E-state index < -0.39 is 0 Å². The van der Waals surface area contributed by atoms with Crippen molar-refractivity contribution in [3.05, 3.63) is 51.8 Å². The van der Waals surface area contributed by atoms with Gasteiger partial charge in [0.05, 0.1) is 36.1 Å². The normalized spacial score (nSPS) is 12.6. The number of nitrogens with one attached hydrogen (secondary N) is 1. The monoisotopic (exact) mass is 307 g/mol. The van der Waals surface area contributed by atoms with Gasteiger partial charge in [-0.1, -0.05) is 35.4 Å². The molecule has 0 aliphatic carbocycles. The van der Waals surface area contributed by atoms with Crippen LogP contribution in [0.15, 0.2) is 24.4 Å². The Morgan fingerprint density at radius 1 is 1.38 bits per heavy atom. The first-order valence-corrected chi connectivity index (χ1v) is 7.40. The molecule has 1 aromatic heterocycles. The summed E-state index contributed by atoms with van der Waals surface area (Å²) in [5.74, 6) is 0. The van der Waals surface area contributed by atoms with Crippen molar-refractivity contribution in [1.82, 2.24) is 15.1 Å². The predicted octanol–water partition coefficient (Wildman–Crippen LogP) is 3.11. The third-order valence-electron chi connectivity index (χ3n) is 3.64. The van der Waals surface area contributed by atoms with Crippen LogP contribution in [0.3, 0.4) is 0 Å². The van der Waals surface area contributed by atoms with E-state index in [-0.39, 0.29) is 6.04 Å². The highest BCUT2D eigenvalue weighted by molar-refractivity contribution is 6.31. The van der Waals surface area contributed by atoms with E-state index in [0.717, 1.165) is 5.69 Å². The Morgan fingerprint density at radius 3 is 2.76 bits per heavy atom. The van der Waals surface area contributed by atoms with Gasteiger partial charge < -0.3 is 10.1 Å². The third kappa shape index (κ3) is 3.46. The van der Waals surface area contributed by atoms with Gasteiger partial charge in [-0.3, -0.25) is 4.68 Å². The second-order valence-electron chi connectivity index (χ2n) is 5.18. The summed E-state index contributed by atoms with van der Waals surface area (Å²) in [6, 6.07) is 6.47. The fourth-order valence-electron chi connectivity index (χ4n) is 2.60. The van der Waals surface area contributed by atoms with Crippen LogP contribution in [-0.2, 0) is 11.3 Å². The molecule has 0 radical (unpaired) electrons. The zero-order chi connectivity index (χ0) is 15.4.